The molecule has 2 heteroatoms. The lowest BCUT2D eigenvalue weighted by atomic mass is 10.2. The monoisotopic (exact) mass is 195 g/mol. The number of hydrogen-bond acceptors (Lipinski definition) is 1. The van der Waals surface area contributed by atoms with Crippen molar-refractivity contribution in [2.75, 3.05) is 23.9 Å². The molecule has 2 rings (SSSR count). The normalized spacial score (nSPS) is 22.2. The van der Waals surface area contributed by atoms with E-state index >= 15 is 0 Å². The maximum Gasteiger partial charge on any atom is 0.0366 e. The van der Waals surface area contributed by atoms with E-state index in [1.165, 1.54) is 12.1 Å². The number of halogens is 1. The van der Waals surface area contributed by atoms with Crippen LogP contribution in [0.4, 0.5) is 5.69 Å². The minimum Gasteiger partial charge on any atom is -0.371 e. The highest BCUT2D eigenvalue weighted by molar-refractivity contribution is 6.18. The van der Waals surface area contributed by atoms with Gasteiger partial charge in [-0.15, -0.1) is 11.6 Å². The molecule has 0 aliphatic carbocycles. The summed E-state index contributed by atoms with van der Waals surface area (Å²) in [6, 6.07) is 10.6. The molecule has 0 aromatic heterocycles. The van der Waals surface area contributed by atoms with Crippen LogP contribution in [0.5, 0.6) is 0 Å². The van der Waals surface area contributed by atoms with Crippen LogP contribution in [0.2, 0.25) is 0 Å². The highest BCUT2D eigenvalue weighted by atomic mass is 35.5. The molecule has 0 radical (unpaired) electrons. The van der Waals surface area contributed by atoms with Gasteiger partial charge in [0.05, 0.1) is 0 Å². The summed E-state index contributed by atoms with van der Waals surface area (Å²) in [6.07, 6.45) is 1.23. The van der Waals surface area contributed by atoms with E-state index in [1.54, 1.807) is 0 Å². The zero-order chi connectivity index (χ0) is 9.10. The third-order valence-corrected chi connectivity index (χ3v) is 3.06. The van der Waals surface area contributed by atoms with Gasteiger partial charge in [-0.25, -0.2) is 0 Å². The topological polar surface area (TPSA) is 3.24 Å². The highest BCUT2D eigenvalue weighted by Gasteiger charge is 2.21. The van der Waals surface area contributed by atoms with Gasteiger partial charge in [0.1, 0.15) is 0 Å². The van der Waals surface area contributed by atoms with Crippen molar-refractivity contribution < 1.29 is 0 Å². The molecule has 1 aromatic rings. The van der Waals surface area contributed by atoms with Gasteiger partial charge in [0, 0.05) is 24.7 Å². The second-order valence-corrected chi connectivity index (χ2v) is 3.90. The summed E-state index contributed by atoms with van der Waals surface area (Å²) in [4.78, 5) is 2.41. The van der Waals surface area contributed by atoms with Gasteiger partial charge in [-0.1, -0.05) is 18.2 Å². The van der Waals surface area contributed by atoms with E-state index in [0.717, 1.165) is 19.0 Å². The maximum absolute atomic E-state index is 5.83. The van der Waals surface area contributed by atoms with Crippen LogP contribution in [0, 0.1) is 5.92 Å². The maximum atomic E-state index is 5.83. The standard InChI is InChI=1S/C11H14ClN/c12-8-10-6-7-13(9-10)11-4-2-1-3-5-11/h1-5,10H,6-9H2. The number of benzene rings is 1. The van der Waals surface area contributed by atoms with E-state index in [4.69, 9.17) is 11.6 Å². The van der Waals surface area contributed by atoms with Crippen molar-refractivity contribution >= 4 is 17.3 Å². The third-order valence-electron chi connectivity index (χ3n) is 2.63. The average Bonchev–Trinajstić information content (AvgIpc) is 2.67. The fourth-order valence-corrected chi connectivity index (χ4v) is 2.08. The van der Waals surface area contributed by atoms with Crippen LogP contribution < -0.4 is 4.90 Å². The molecule has 0 bridgehead atoms. The van der Waals surface area contributed by atoms with Gasteiger partial charge in [0.15, 0.2) is 0 Å². The first-order chi connectivity index (χ1) is 6.40. The summed E-state index contributed by atoms with van der Waals surface area (Å²) in [6.45, 7) is 2.27. The predicted molar refractivity (Wildman–Crippen MR) is 57.5 cm³/mol. The minimum absolute atomic E-state index is 0.682. The zero-order valence-electron chi connectivity index (χ0n) is 7.62. The lowest BCUT2D eigenvalue weighted by molar-refractivity contribution is 0.667. The molecule has 1 fully saturated rings. The van der Waals surface area contributed by atoms with Gasteiger partial charge in [-0.2, -0.15) is 0 Å². The Bertz CT molecular complexity index is 260. The Balaban J connectivity index is 2.04. The molecule has 1 unspecified atom stereocenters. The average molecular weight is 196 g/mol. The molecule has 70 valence electrons. The molecule has 1 aliphatic rings. The van der Waals surface area contributed by atoms with Crippen molar-refractivity contribution in [2.24, 2.45) is 5.92 Å². The summed E-state index contributed by atoms with van der Waals surface area (Å²) in [5.41, 5.74) is 1.33. The Morgan fingerprint density at radius 3 is 2.69 bits per heavy atom. The first-order valence-corrected chi connectivity index (χ1v) is 5.29. The molecule has 0 saturated carbocycles. The van der Waals surface area contributed by atoms with Gasteiger partial charge < -0.3 is 4.90 Å². The van der Waals surface area contributed by atoms with E-state index in [-0.39, 0.29) is 0 Å². The molecule has 1 aliphatic heterocycles. The van der Waals surface area contributed by atoms with Gasteiger partial charge in [0.25, 0.3) is 0 Å². The Morgan fingerprint density at radius 1 is 1.31 bits per heavy atom. The Hall–Kier alpha value is -0.690. The molecule has 0 amide bonds. The number of rotatable bonds is 2. The molecule has 0 N–H and O–H groups in total. The number of hydrogen-bond donors (Lipinski definition) is 0. The van der Waals surface area contributed by atoms with Crippen LogP contribution >= 0.6 is 11.6 Å². The Morgan fingerprint density at radius 2 is 2.08 bits per heavy atom. The number of nitrogens with zero attached hydrogens (tertiary/aromatic N) is 1. The van der Waals surface area contributed by atoms with Gasteiger partial charge in [-0.05, 0) is 24.5 Å². The summed E-state index contributed by atoms with van der Waals surface area (Å²) < 4.78 is 0. The van der Waals surface area contributed by atoms with Crippen molar-refractivity contribution in [3.63, 3.8) is 0 Å². The SMILES string of the molecule is ClCC1CCN(c2ccccc2)C1. The van der Waals surface area contributed by atoms with E-state index in [9.17, 15) is 0 Å². The van der Waals surface area contributed by atoms with Gasteiger partial charge in [0.2, 0.25) is 0 Å². The Kier molecular flexibility index (Phi) is 2.74. The van der Waals surface area contributed by atoms with Crippen molar-refractivity contribution in [1.29, 1.82) is 0 Å². The van der Waals surface area contributed by atoms with Crippen LogP contribution in [0.3, 0.4) is 0 Å². The molecule has 1 atom stereocenters. The minimum atomic E-state index is 0.682. The van der Waals surface area contributed by atoms with Crippen LogP contribution in [-0.4, -0.2) is 19.0 Å². The fourth-order valence-electron chi connectivity index (χ4n) is 1.83. The van der Waals surface area contributed by atoms with Crippen LogP contribution in [0.1, 0.15) is 6.42 Å². The second-order valence-electron chi connectivity index (χ2n) is 3.59. The van der Waals surface area contributed by atoms with Crippen molar-refractivity contribution in [3.05, 3.63) is 30.3 Å². The molecule has 1 nitrogen and oxygen atoms in total. The summed E-state index contributed by atoms with van der Waals surface area (Å²) in [7, 11) is 0. The third kappa shape index (κ3) is 1.97. The highest BCUT2D eigenvalue weighted by Crippen LogP contribution is 2.23. The second kappa shape index (κ2) is 4.01. The largest absolute Gasteiger partial charge is 0.371 e. The number of para-hydroxylation sites is 1. The first kappa shape index (κ1) is 8.89. The molecule has 1 saturated heterocycles. The predicted octanol–water partition coefficient (Wildman–Crippen LogP) is 2.75. The molecule has 13 heavy (non-hydrogen) atoms. The van der Waals surface area contributed by atoms with E-state index in [0.29, 0.717) is 5.92 Å². The van der Waals surface area contributed by atoms with E-state index < -0.39 is 0 Å². The van der Waals surface area contributed by atoms with Crippen LogP contribution in [0.25, 0.3) is 0 Å². The van der Waals surface area contributed by atoms with Gasteiger partial charge >= 0.3 is 0 Å². The number of anilines is 1. The first-order valence-electron chi connectivity index (χ1n) is 4.76. The van der Waals surface area contributed by atoms with Crippen molar-refractivity contribution in [1.82, 2.24) is 0 Å². The lowest BCUT2D eigenvalue weighted by Gasteiger charge is -2.17. The summed E-state index contributed by atoms with van der Waals surface area (Å²) in [5, 5.41) is 0. The zero-order valence-corrected chi connectivity index (χ0v) is 8.37. The van der Waals surface area contributed by atoms with Crippen LogP contribution in [0.15, 0.2) is 30.3 Å². The number of alkyl halides is 1. The Labute approximate surface area is 84.3 Å². The molecule has 1 aromatic carbocycles. The molecule has 0 spiro atoms. The van der Waals surface area contributed by atoms with E-state index in [2.05, 4.69) is 35.2 Å². The quantitative estimate of drug-likeness (QED) is 0.656. The molecular weight excluding hydrogens is 182 g/mol. The van der Waals surface area contributed by atoms with E-state index in [1.807, 2.05) is 0 Å². The van der Waals surface area contributed by atoms with Crippen LogP contribution in [-0.2, 0) is 0 Å². The molecular formula is C11H14ClN. The van der Waals surface area contributed by atoms with Crippen molar-refractivity contribution in [3.8, 4) is 0 Å². The summed E-state index contributed by atoms with van der Waals surface area (Å²) >= 11 is 5.83. The molecule has 1 heterocycles. The fraction of sp³-hybridized carbons (Fsp3) is 0.455. The lowest BCUT2D eigenvalue weighted by Crippen LogP contribution is -2.19. The summed E-state index contributed by atoms with van der Waals surface area (Å²) in [5.74, 6) is 1.48. The van der Waals surface area contributed by atoms with Crippen molar-refractivity contribution in [2.45, 2.75) is 6.42 Å². The van der Waals surface area contributed by atoms with Gasteiger partial charge in [-0.3, -0.25) is 0 Å². The smallest absolute Gasteiger partial charge is 0.0366 e.